The molecule has 0 aliphatic heterocycles. The van der Waals surface area contributed by atoms with Crippen LogP contribution in [-0.4, -0.2) is 18.7 Å². The van der Waals surface area contributed by atoms with Crippen LogP contribution in [0.4, 0.5) is 0 Å². The third-order valence-corrected chi connectivity index (χ3v) is 13.1. The number of hydrogen-bond acceptors (Lipinski definition) is 2. The number of para-hydroxylation sites is 3. The summed E-state index contributed by atoms with van der Waals surface area (Å²) in [6.07, 6.45) is 5.22. The van der Waals surface area contributed by atoms with Gasteiger partial charge in [-0.05, 0) is 17.0 Å². The van der Waals surface area contributed by atoms with E-state index < -0.39 is 0 Å². The molecule has 0 unspecified atom stereocenters. The Bertz CT molecular complexity index is 3370. The van der Waals surface area contributed by atoms with Crippen LogP contribution in [0.3, 0.4) is 0 Å². The molecule has 0 bridgehead atoms. The Balaban J connectivity index is 1.06. The van der Waals surface area contributed by atoms with Crippen molar-refractivity contribution < 1.29 is 24.1 Å². The average Bonchev–Trinajstić information content (AvgIpc) is 3.98. The van der Waals surface area contributed by atoms with Crippen LogP contribution in [0.2, 0.25) is 0 Å². The first-order valence-corrected chi connectivity index (χ1v) is 22.1. The van der Waals surface area contributed by atoms with Gasteiger partial charge in [-0.25, -0.2) is 0 Å². The summed E-state index contributed by atoms with van der Waals surface area (Å²) in [5, 5.41) is 2.24. The summed E-state index contributed by atoms with van der Waals surface area (Å²) in [6.45, 7) is 6.69. The number of aryl methyl sites for hydroxylation is 1. The van der Waals surface area contributed by atoms with Crippen molar-refractivity contribution in [2.24, 2.45) is 0 Å². The number of ether oxygens (including phenoxy) is 1. The Hall–Kier alpha value is -6.55. The van der Waals surface area contributed by atoms with Crippen molar-refractivity contribution in [2.75, 3.05) is 0 Å². The normalized spacial score (nSPS) is 12.7. The summed E-state index contributed by atoms with van der Waals surface area (Å²) < 4.78 is 14.7. The first-order valence-electron chi connectivity index (χ1n) is 20.9. The molecular weight excluding hydrogens is 928 g/mol. The van der Waals surface area contributed by atoms with E-state index in [1.165, 1.54) is 44.6 Å². The van der Waals surface area contributed by atoms with Gasteiger partial charge in [0, 0.05) is 6.20 Å². The van der Waals surface area contributed by atoms with Gasteiger partial charge in [0.2, 0.25) is 0 Å². The molecule has 300 valence electrons. The van der Waals surface area contributed by atoms with Crippen LogP contribution in [0.25, 0.3) is 72.3 Å². The Labute approximate surface area is 366 Å². The van der Waals surface area contributed by atoms with Gasteiger partial charge in [-0.2, -0.15) is 0 Å². The molecule has 1 aliphatic rings. The topological polar surface area (TPSA) is 36.9 Å². The molecule has 1 aliphatic carbocycles. The number of imidazole rings is 1. The van der Waals surface area contributed by atoms with Gasteiger partial charge in [-0.1, -0.05) is 32.9 Å². The second kappa shape index (κ2) is 14.9. The predicted octanol–water partition coefficient (Wildman–Crippen LogP) is 13.5. The molecule has 0 atom stereocenters. The maximum absolute atomic E-state index is 6.69. The van der Waals surface area contributed by atoms with E-state index in [4.69, 9.17) is 9.72 Å². The third-order valence-electron chi connectivity index (χ3n) is 12.1. The van der Waals surface area contributed by atoms with Crippen molar-refractivity contribution in [3.05, 3.63) is 197 Å². The van der Waals surface area contributed by atoms with Gasteiger partial charge in [0.1, 0.15) is 0 Å². The molecule has 0 saturated carbocycles. The van der Waals surface area contributed by atoms with Crippen LogP contribution >= 0.6 is 0 Å². The zero-order valence-electron chi connectivity index (χ0n) is 34.2. The molecule has 0 amide bonds. The zero-order valence-corrected chi connectivity index (χ0v) is 36.5. The van der Waals surface area contributed by atoms with E-state index in [9.17, 15) is 0 Å². The summed E-state index contributed by atoms with van der Waals surface area (Å²) in [4.78, 5) is 4.86. The fraction of sp³-hybridized carbons (Fsp3) is 0.127. The van der Waals surface area contributed by atoms with Crippen molar-refractivity contribution >= 4 is 32.8 Å². The molecule has 3 aromatic heterocycles. The van der Waals surface area contributed by atoms with Gasteiger partial charge in [0.25, 0.3) is 0 Å². The van der Waals surface area contributed by atoms with E-state index in [2.05, 4.69) is 205 Å². The first kappa shape index (κ1) is 37.4. The molecule has 0 N–H and O–H groups in total. The molecule has 5 nitrogen and oxygen atoms in total. The number of rotatable bonds is 7. The molecule has 0 saturated heterocycles. The molecule has 10 aromatic rings. The van der Waals surface area contributed by atoms with E-state index in [0.29, 0.717) is 11.5 Å². The summed E-state index contributed by atoms with van der Waals surface area (Å²) in [7, 11) is 0. The van der Waals surface area contributed by atoms with Gasteiger partial charge >= 0.3 is 312 Å². The zero-order chi connectivity index (χ0) is 41.2. The molecule has 6 heteroatoms. The molecule has 7 aromatic carbocycles. The minimum absolute atomic E-state index is 0.0209. The van der Waals surface area contributed by atoms with Crippen molar-refractivity contribution in [2.45, 2.75) is 45.4 Å². The number of fused-ring (bicyclic) bond motifs is 5. The van der Waals surface area contributed by atoms with Crippen LogP contribution in [0.1, 0.15) is 43.9 Å². The van der Waals surface area contributed by atoms with Crippen LogP contribution in [-0.2, 0) is 37.6 Å². The fourth-order valence-electron chi connectivity index (χ4n) is 9.20. The van der Waals surface area contributed by atoms with Gasteiger partial charge < -0.3 is 0 Å². The van der Waals surface area contributed by atoms with Gasteiger partial charge in [0.05, 0.1) is 0 Å². The van der Waals surface area contributed by atoms with Crippen molar-refractivity contribution in [3.8, 4) is 50.9 Å². The number of hydrogen-bond donors (Lipinski definition) is 0. The van der Waals surface area contributed by atoms with Crippen LogP contribution < -0.4 is 4.74 Å². The standard InChI is InChI=1S/C55H42N4O.Pt/c1-55(2,3)40-30-31-56-52(33-40)59-48-25-11-10-23-45(48)46-29-28-43(35-51(46)59)60-42-22-15-21-41(34-42)57-36-58(50-27-13-12-26-49(50)57)54-47(37-16-6-4-7-17-37)32-39-20-14-24-44(39)53(54)38-18-8-5-9-19-38;/h4-13,15-19,21-23,25-33H,14,20,24H2,1-3H3;/q-2;. The number of pyridine rings is 1. The number of benzene rings is 7. The fourth-order valence-corrected chi connectivity index (χ4v) is 10.3. The van der Waals surface area contributed by atoms with E-state index in [0.717, 1.165) is 67.4 Å². The number of nitrogens with zero attached hydrogens (tertiary/aromatic N) is 4. The second-order valence-corrected chi connectivity index (χ2v) is 17.9. The Morgan fingerprint density at radius 3 is 2.07 bits per heavy atom. The monoisotopic (exact) mass is 969 g/mol. The van der Waals surface area contributed by atoms with Gasteiger partial charge in [-0.15, -0.1) is 0 Å². The van der Waals surface area contributed by atoms with E-state index in [1.54, 1.807) is 0 Å². The molecule has 0 spiro atoms. The quantitative estimate of drug-likeness (QED) is 0.149. The molecule has 11 rings (SSSR count). The summed E-state index contributed by atoms with van der Waals surface area (Å²) in [5.74, 6) is 2.08. The second-order valence-electron chi connectivity index (χ2n) is 16.9. The van der Waals surface area contributed by atoms with Gasteiger partial charge in [0.15, 0.2) is 0 Å². The summed E-state index contributed by atoms with van der Waals surface area (Å²) in [5.41, 5.74) is 15.4. The predicted molar refractivity (Wildman–Crippen MR) is 244 cm³/mol. The van der Waals surface area contributed by atoms with E-state index in [1.807, 2.05) is 24.4 Å². The van der Waals surface area contributed by atoms with E-state index >= 15 is 0 Å². The Morgan fingerprint density at radius 1 is 0.607 bits per heavy atom. The number of aromatic nitrogens is 4. The van der Waals surface area contributed by atoms with Crippen molar-refractivity contribution in [1.29, 1.82) is 0 Å². The van der Waals surface area contributed by atoms with E-state index in [-0.39, 0.29) is 5.41 Å². The Kier molecular flexibility index (Phi) is 9.13. The maximum atomic E-state index is 6.69. The summed E-state index contributed by atoms with van der Waals surface area (Å²) in [6, 6.07) is 63.3. The minimum atomic E-state index is -0.0209. The summed E-state index contributed by atoms with van der Waals surface area (Å²) >= 11 is 2.52. The Morgan fingerprint density at radius 2 is 1.30 bits per heavy atom. The molecule has 0 radical (unpaired) electrons. The van der Waals surface area contributed by atoms with Gasteiger partial charge in [-0.3, -0.25) is 0 Å². The molecular formula is C55H42N4OPt-2. The average molecular weight is 970 g/mol. The van der Waals surface area contributed by atoms with Crippen molar-refractivity contribution in [3.63, 3.8) is 0 Å². The first-order chi connectivity index (χ1) is 29.8. The third kappa shape index (κ3) is 6.42. The molecule has 61 heavy (non-hydrogen) atoms. The van der Waals surface area contributed by atoms with Crippen molar-refractivity contribution in [1.82, 2.24) is 18.7 Å². The molecule has 0 fully saturated rings. The van der Waals surface area contributed by atoms with Crippen LogP contribution in [0.15, 0.2) is 164 Å². The van der Waals surface area contributed by atoms with Crippen LogP contribution in [0, 0.1) is 15.9 Å². The molecule has 3 heterocycles. The SMILES string of the molecule is CC(C)(C)c1ccnc(-n2c3[c-]c(Oc4[c-]c(-n5[c](=[Pt])n(-c6c(-c7ccccc7)cc7c(c6-c6ccccc6)CCC7)c6ccccc65)ccc4)ccc3c3ccccc32)c1. The van der Waals surface area contributed by atoms with Crippen LogP contribution in [0.5, 0.6) is 11.5 Å².